The van der Waals surface area contributed by atoms with Crippen molar-refractivity contribution in [2.45, 2.75) is 25.3 Å². The minimum Gasteiger partial charge on any atom is -0.481 e. The fourth-order valence-corrected chi connectivity index (χ4v) is 1.22. The molecule has 1 fully saturated rings. The maximum Gasteiger partial charge on any atom is 0.303 e. The molecule has 1 aliphatic heterocycles. The molecule has 1 atom stereocenters. The van der Waals surface area contributed by atoms with Crippen LogP contribution in [-0.4, -0.2) is 35.6 Å². The van der Waals surface area contributed by atoms with Crippen molar-refractivity contribution < 1.29 is 9.90 Å². The number of carbonyl (C=O) groups is 1. The van der Waals surface area contributed by atoms with Gasteiger partial charge in [-0.15, -0.1) is 0 Å². The molecule has 58 valence electrons. The van der Waals surface area contributed by atoms with Crippen LogP contribution < -0.4 is 0 Å². The number of carboxylic acids is 1. The molecule has 0 radical (unpaired) electrons. The summed E-state index contributed by atoms with van der Waals surface area (Å²) < 4.78 is 0. The van der Waals surface area contributed by atoms with E-state index < -0.39 is 5.97 Å². The van der Waals surface area contributed by atoms with Gasteiger partial charge in [0.05, 0.1) is 0 Å². The molecule has 0 aliphatic carbocycles. The Kier molecular flexibility index (Phi) is 2.27. The first kappa shape index (κ1) is 7.54. The zero-order valence-electron chi connectivity index (χ0n) is 6.21. The molecule has 3 nitrogen and oxygen atoms in total. The van der Waals surface area contributed by atoms with E-state index in [0.717, 1.165) is 13.0 Å². The number of carboxylic acid groups (broad SMARTS) is 1. The Labute approximate surface area is 60.6 Å². The van der Waals surface area contributed by atoms with Crippen LogP contribution in [0.3, 0.4) is 0 Å². The van der Waals surface area contributed by atoms with Gasteiger partial charge in [-0.2, -0.15) is 0 Å². The molecule has 10 heavy (non-hydrogen) atoms. The van der Waals surface area contributed by atoms with Crippen molar-refractivity contribution in [2.24, 2.45) is 0 Å². The monoisotopic (exact) mass is 143 g/mol. The van der Waals surface area contributed by atoms with Crippen LogP contribution in [0, 0.1) is 0 Å². The third-order valence-electron chi connectivity index (χ3n) is 2.13. The smallest absolute Gasteiger partial charge is 0.303 e. The molecule has 0 amide bonds. The molecule has 0 aromatic rings. The molecule has 0 saturated carbocycles. The molecule has 1 saturated heterocycles. The second-order valence-electron chi connectivity index (χ2n) is 2.86. The molecular weight excluding hydrogens is 130 g/mol. The van der Waals surface area contributed by atoms with Gasteiger partial charge in [0.1, 0.15) is 0 Å². The van der Waals surface area contributed by atoms with Crippen LogP contribution >= 0.6 is 0 Å². The van der Waals surface area contributed by atoms with Crippen molar-refractivity contribution in [3.05, 3.63) is 0 Å². The van der Waals surface area contributed by atoms with Crippen LogP contribution in [0.4, 0.5) is 0 Å². The number of hydrogen-bond acceptors (Lipinski definition) is 2. The standard InChI is InChI=1S/C7H13NO2/c1-8-5-4-6(8)2-3-7(9)10/h6H,2-5H2,1H3,(H,9,10). The predicted molar refractivity (Wildman–Crippen MR) is 37.9 cm³/mol. The predicted octanol–water partition coefficient (Wildman–Crippen LogP) is 0.555. The summed E-state index contributed by atoms with van der Waals surface area (Å²) in [5.74, 6) is -0.680. The summed E-state index contributed by atoms with van der Waals surface area (Å²) in [6.07, 6.45) is 2.30. The van der Waals surface area contributed by atoms with E-state index in [1.165, 1.54) is 6.42 Å². The van der Waals surface area contributed by atoms with Crippen LogP contribution in [-0.2, 0) is 4.79 Å². The van der Waals surface area contributed by atoms with Crippen LogP contribution in [0.15, 0.2) is 0 Å². The maximum absolute atomic E-state index is 10.1. The molecule has 0 spiro atoms. The Morgan fingerprint density at radius 3 is 2.80 bits per heavy atom. The average Bonchev–Trinajstić information content (AvgIpc) is 1.84. The topological polar surface area (TPSA) is 40.5 Å². The Morgan fingerprint density at radius 2 is 2.50 bits per heavy atom. The van der Waals surface area contributed by atoms with Gasteiger partial charge in [0, 0.05) is 12.5 Å². The van der Waals surface area contributed by atoms with Gasteiger partial charge in [0.2, 0.25) is 0 Å². The summed E-state index contributed by atoms with van der Waals surface area (Å²) in [7, 11) is 2.04. The van der Waals surface area contributed by atoms with E-state index in [9.17, 15) is 4.79 Å². The number of rotatable bonds is 3. The first-order valence-corrected chi connectivity index (χ1v) is 3.62. The average molecular weight is 143 g/mol. The van der Waals surface area contributed by atoms with E-state index in [0.29, 0.717) is 12.5 Å². The van der Waals surface area contributed by atoms with Crippen molar-refractivity contribution in [1.29, 1.82) is 0 Å². The summed E-state index contributed by atoms with van der Waals surface area (Å²) in [5.41, 5.74) is 0. The van der Waals surface area contributed by atoms with E-state index in [1.54, 1.807) is 0 Å². The highest BCUT2D eigenvalue weighted by Gasteiger charge is 2.23. The number of aliphatic carboxylic acids is 1. The minimum absolute atomic E-state index is 0.314. The molecule has 1 heterocycles. The number of likely N-dealkylation sites (tertiary alicyclic amines) is 1. The summed E-state index contributed by atoms with van der Waals surface area (Å²) in [4.78, 5) is 12.3. The number of hydrogen-bond donors (Lipinski definition) is 1. The Hall–Kier alpha value is -0.570. The van der Waals surface area contributed by atoms with Crippen LogP contribution in [0.2, 0.25) is 0 Å². The zero-order valence-corrected chi connectivity index (χ0v) is 6.21. The summed E-state index contributed by atoms with van der Waals surface area (Å²) >= 11 is 0. The van der Waals surface area contributed by atoms with E-state index in [-0.39, 0.29) is 0 Å². The van der Waals surface area contributed by atoms with Gasteiger partial charge in [-0.1, -0.05) is 0 Å². The lowest BCUT2D eigenvalue weighted by molar-refractivity contribution is -0.137. The first-order valence-electron chi connectivity index (χ1n) is 3.62. The van der Waals surface area contributed by atoms with E-state index in [4.69, 9.17) is 5.11 Å². The van der Waals surface area contributed by atoms with Gasteiger partial charge in [0.25, 0.3) is 0 Å². The lowest BCUT2D eigenvalue weighted by Gasteiger charge is -2.37. The van der Waals surface area contributed by atoms with Crippen molar-refractivity contribution in [1.82, 2.24) is 4.90 Å². The Bertz CT molecular complexity index is 136. The Balaban J connectivity index is 2.08. The van der Waals surface area contributed by atoms with Gasteiger partial charge in [-0.05, 0) is 26.4 Å². The maximum atomic E-state index is 10.1. The fourth-order valence-electron chi connectivity index (χ4n) is 1.22. The molecule has 1 aliphatic rings. The van der Waals surface area contributed by atoms with E-state index in [2.05, 4.69) is 4.90 Å². The molecule has 0 aromatic heterocycles. The van der Waals surface area contributed by atoms with Crippen LogP contribution in [0.1, 0.15) is 19.3 Å². The van der Waals surface area contributed by atoms with Crippen molar-refractivity contribution >= 4 is 5.97 Å². The largest absolute Gasteiger partial charge is 0.481 e. The van der Waals surface area contributed by atoms with Gasteiger partial charge in [-0.25, -0.2) is 0 Å². The lowest BCUT2D eigenvalue weighted by Crippen LogP contribution is -2.44. The SMILES string of the molecule is CN1CCC1CCC(=O)O. The zero-order chi connectivity index (χ0) is 7.56. The molecule has 1 unspecified atom stereocenters. The summed E-state index contributed by atoms with van der Waals surface area (Å²) in [6.45, 7) is 1.13. The van der Waals surface area contributed by atoms with Crippen molar-refractivity contribution in [3.8, 4) is 0 Å². The molecule has 3 heteroatoms. The third-order valence-corrected chi connectivity index (χ3v) is 2.13. The normalized spacial score (nSPS) is 25.9. The molecule has 0 aromatic carbocycles. The van der Waals surface area contributed by atoms with Gasteiger partial charge in [-0.3, -0.25) is 4.79 Å². The van der Waals surface area contributed by atoms with E-state index in [1.807, 2.05) is 7.05 Å². The second kappa shape index (κ2) is 3.01. The highest BCUT2D eigenvalue weighted by molar-refractivity contribution is 5.66. The number of nitrogens with zero attached hydrogens (tertiary/aromatic N) is 1. The lowest BCUT2D eigenvalue weighted by atomic mass is 9.99. The second-order valence-corrected chi connectivity index (χ2v) is 2.86. The molecule has 1 rings (SSSR count). The summed E-state index contributed by atoms with van der Waals surface area (Å²) in [5, 5.41) is 8.35. The molecular formula is C7H13NO2. The van der Waals surface area contributed by atoms with Crippen LogP contribution in [0.25, 0.3) is 0 Å². The summed E-state index contributed by atoms with van der Waals surface area (Å²) in [6, 6.07) is 0.538. The first-order chi connectivity index (χ1) is 4.70. The van der Waals surface area contributed by atoms with Gasteiger partial charge in [0.15, 0.2) is 0 Å². The molecule has 0 bridgehead atoms. The highest BCUT2D eigenvalue weighted by atomic mass is 16.4. The van der Waals surface area contributed by atoms with Crippen molar-refractivity contribution in [3.63, 3.8) is 0 Å². The Morgan fingerprint density at radius 1 is 1.80 bits per heavy atom. The third kappa shape index (κ3) is 1.70. The molecule has 1 N–H and O–H groups in total. The van der Waals surface area contributed by atoms with Crippen LogP contribution in [0.5, 0.6) is 0 Å². The highest BCUT2D eigenvalue weighted by Crippen LogP contribution is 2.18. The minimum atomic E-state index is -0.680. The fraction of sp³-hybridized carbons (Fsp3) is 0.857. The quantitative estimate of drug-likeness (QED) is 0.627. The van der Waals surface area contributed by atoms with Crippen molar-refractivity contribution in [2.75, 3.05) is 13.6 Å². The van der Waals surface area contributed by atoms with Gasteiger partial charge >= 0.3 is 5.97 Å². The van der Waals surface area contributed by atoms with Gasteiger partial charge < -0.3 is 10.0 Å². The van der Waals surface area contributed by atoms with E-state index >= 15 is 0 Å².